The number of carbonyl (C=O) groups is 3. The van der Waals surface area contributed by atoms with Crippen LogP contribution in [0.3, 0.4) is 0 Å². The Kier molecular flexibility index (Phi) is 10.2. The molecule has 0 saturated heterocycles. The average Bonchev–Trinajstić information content (AvgIpc) is 2.85. The molecule has 0 aromatic carbocycles. The van der Waals surface area contributed by atoms with Crippen LogP contribution in [0.5, 0.6) is 0 Å². The quantitative estimate of drug-likeness (QED) is 0.372. The van der Waals surface area contributed by atoms with Gasteiger partial charge < -0.3 is 15.4 Å². The summed E-state index contributed by atoms with van der Waals surface area (Å²) < 4.78 is 5.53. The van der Waals surface area contributed by atoms with E-state index >= 15 is 0 Å². The maximum Gasteiger partial charge on any atom is 0.341 e. The summed E-state index contributed by atoms with van der Waals surface area (Å²) in [6, 6.07) is 3.56. The molecule has 2 fully saturated rings. The highest BCUT2D eigenvalue weighted by molar-refractivity contribution is 8.00. The van der Waals surface area contributed by atoms with Gasteiger partial charge in [-0.05, 0) is 62.5 Å². The van der Waals surface area contributed by atoms with Crippen molar-refractivity contribution in [2.75, 3.05) is 0 Å². The number of hydrogen-bond donors (Lipinski definition) is 2. The second-order valence-electron chi connectivity index (χ2n) is 10.9. The second-order valence-corrected chi connectivity index (χ2v) is 12.3. The predicted octanol–water partition coefficient (Wildman–Crippen LogP) is 4.99. The highest BCUT2D eigenvalue weighted by Gasteiger charge is 2.32. The minimum atomic E-state index is -0.921. The molecule has 8 heteroatoms. The zero-order valence-corrected chi connectivity index (χ0v) is 23.4. The van der Waals surface area contributed by atoms with E-state index in [2.05, 4.69) is 43.3 Å². The molecule has 2 saturated carbocycles. The van der Waals surface area contributed by atoms with Gasteiger partial charge in [-0.15, -0.1) is 0 Å². The zero-order chi connectivity index (χ0) is 26.4. The highest BCUT2D eigenvalue weighted by atomic mass is 32.2. The lowest BCUT2D eigenvalue weighted by atomic mass is 9.78. The molecule has 1 aromatic rings. The number of pyridine rings is 1. The third kappa shape index (κ3) is 7.24. The monoisotopic (exact) mass is 517 g/mol. The van der Waals surface area contributed by atoms with Crippen LogP contribution in [-0.4, -0.2) is 46.2 Å². The number of aromatic nitrogens is 1. The van der Waals surface area contributed by atoms with E-state index in [1.807, 2.05) is 6.92 Å². The number of carbonyl (C=O) groups excluding carboxylic acids is 3. The number of hydrogen-bond acceptors (Lipinski definition) is 6. The fraction of sp³-hybridized carbons (Fsp3) is 0.714. The first-order chi connectivity index (χ1) is 17.1. The lowest BCUT2D eigenvalue weighted by Gasteiger charge is -2.35. The first-order valence-electron chi connectivity index (χ1n) is 13.5. The molecule has 36 heavy (non-hydrogen) atoms. The van der Waals surface area contributed by atoms with E-state index in [0.29, 0.717) is 28.7 Å². The van der Waals surface area contributed by atoms with E-state index in [1.54, 1.807) is 25.3 Å². The fourth-order valence-corrected chi connectivity index (χ4v) is 6.22. The maximum absolute atomic E-state index is 13.0. The van der Waals surface area contributed by atoms with Gasteiger partial charge >= 0.3 is 5.97 Å². The summed E-state index contributed by atoms with van der Waals surface area (Å²) in [6.45, 7) is 12.2. The third-order valence-corrected chi connectivity index (χ3v) is 9.49. The van der Waals surface area contributed by atoms with Crippen LogP contribution >= 0.6 is 11.8 Å². The van der Waals surface area contributed by atoms with Gasteiger partial charge in [0, 0.05) is 18.3 Å². The molecule has 0 bridgehead atoms. The summed E-state index contributed by atoms with van der Waals surface area (Å²) in [7, 11) is 0. The van der Waals surface area contributed by atoms with Gasteiger partial charge in [-0.3, -0.25) is 9.59 Å². The van der Waals surface area contributed by atoms with E-state index in [4.69, 9.17) is 4.74 Å². The Balaban J connectivity index is 1.58. The summed E-state index contributed by atoms with van der Waals surface area (Å²) in [5, 5.41) is 6.28. The number of thioether (sulfide) groups is 1. The van der Waals surface area contributed by atoms with Crippen LogP contribution in [0.2, 0.25) is 0 Å². The summed E-state index contributed by atoms with van der Waals surface area (Å²) in [5.74, 6) is 1.03. The van der Waals surface area contributed by atoms with E-state index in [-0.39, 0.29) is 29.5 Å². The Morgan fingerprint density at radius 1 is 0.917 bits per heavy atom. The summed E-state index contributed by atoms with van der Waals surface area (Å²) in [6.07, 6.45) is 7.20. The van der Waals surface area contributed by atoms with Crippen molar-refractivity contribution in [2.45, 2.75) is 109 Å². The van der Waals surface area contributed by atoms with Crippen molar-refractivity contribution < 1.29 is 19.1 Å². The summed E-state index contributed by atoms with van der Waals surface area (Å²) in [5.41, 5.74) is 0.265. The molecule has 2 N–H and O–H groups in total. The van der Waals surface area contributed by atoms with Gasteiger partial charge in [0.05, 0.1) is 10.8 Å². The van der Waals surface area contributed by atoms with Gasteiger partial charge in [-0.25, -0.2) is 9.78 Å². The van der Waals surface area contributed by atoms with E-state index < -0.39 is 17.3 Å². The molecule has 2 aliphatic carbocycles. The van der Waals surface area contributed by atoms with Crippen LogP contribution < -0.4 is 10.6 Å². The van der Waals surface area contributed by atoms with Crippen molar-refractivity contribution in [2.24, 2.45) is 23.7 Å². The van der Waals surface area contributed by atoms with E-state index in [9.17, 15) is 14.4 Å². The van der Waals surface area contributed by atoms with Crippen LogP contribution in [0.4, 0.5) is 0 Å². The summed E-state index contributed by atoms with van der Waals surface area (Å²) >= 11 is 1.24. The number of nitrogens with zero attached hydrogens (tertiary/aromatic N) is 1. The molecule has 3 rings (SSSR count). The normalized spacial score (nSPS) is 30.1. The SMILES string of the molecule is C[C@@H]1[C@@H](C)CCC[C@H]1NC(=O)[C@@H](C)OC(=O)c1cccnc1S[C@@H](C)C(=O)N[C@@H]1CCC[C@H](C)[C@@H]1C. The molecule has 7 nitrogen and oxygen atoms in total. The molecule has 200 valence electrons. The van der Waals surface area contributed by atoms with Crippen LogP contribution in [-0.2, 0) is 14.3 Å². The van der Waals surface area contributed by atoms with Gasteiger partial charge in [0.2, 0.25) is 5.91 Å². The molecule has 0 unspecified atom stereocenters. The number of esters is 1. The second kappa shape index (κ2) is 12.9. The van der Waals surface area contributed by atoms with Crippen molar-refractivity contribution in [1.82, 2.24) is 15.6 Å². The Morgan fingerprint density at radius 2 is 1.47 bits per heavy atom. The van der Waals surface area contributed by atoms with Gasteiger partial charge in [0.1, 0.15) is 5.03 Å². The molecule has 1 heterocycles. The van der Waals surface area contributed by atoms with Gasteiger partial charge in [-0.2, -0.15) is 0 Å². The Labute approximate surface area is 220 Å². The van der Waals surface area contributed by atoms with E-state index in [1.165, 1.54) is 24.6 Å². The van der Waals surface area contributed by atoms with Crippen molar-refractivity contribution in [1.29, 1.82) is 0 Å². The van der Waals surface area contributed by atoms with Crippen molar-refractivity contribution in [3.8, 4) is 0 Å². The number of rotatable bonds is 8. The molecule has 0 spiro atoms. The average molecular weight is 518 g/mol. The zero-order valence-electron chi connectivity index (χ0n) is 22.6. The molecule has 2 aliphatic rings. The van der Waals surface area contributed by atoms with Crippen LogP contribution in [0, 0.1) is 23.7 Å². The maximum atomic E-state index is 13.0. The van der Waals surface area contributed by atoms with Crippen molar-refractivity contribution >= 4 is 29.5 Å². The lowest BCUT2D eigenvalue weighted by molar-refractivity contribution is -0.130. The van der Waals surface area contributed by atoms with Crippen LogP contribution in [0.25, 0.3) is 0 Å². The smallest absolute Gasteiger partial charge is 0.341 e. The summed E-state index contributed by atoms with van der Waals surface area (Å²) in [4.78, 5) is 43.0. The van der Waals surface area contributed by atoms with E-state index in [0.717, 1.165) is 25.7 Å². The number of ether oxygens (including phenoxy) is 1. The topological polar surface area (TPSA) is 97.4 Å². The fourth-order valence-electron chi connectivity index (χ4n) is 5.31. The van der Waals surface area contributed by atoms with Gasteiger partial charge in [0.25, 0.3) is 5.91 Å². The van der Waals surface area contributed by atoms with Crippen molar-refractivity contribution in [3.63, 3.8) is 0 Å². The Bertz CT molecular complexity index is 926. The predicted molar refractivity (Wildman–Crippen MR) is 143 cm³/mol. The molecular weight excluding hydrogens is 474 g/mol. The lowest BCUT2D eigenvalue weighted by Crippen LogP contribution is -2.47. The third-order valence-electron chi connectivity index (χ3n) is 8.37. The minimum Gasteiger partial charge on any atom is -0.449 e. The molecule has 8 atom stereocenters. The molecule has 0 aliphatic heterocycles. The molecule has 1 aromatic heterocycles. The Hall–Kier alpha value is -2.09. The first-order valence-corrected chi connectivity index (χ1v) is 14.4. The Morgan fingerprint density at radius 3 is 2.06 bits per heavy atom. The number of nitrogens with one attached hydrogen (secondary N) is 2. The molecular formula is C28H43N3O4S. The van der Waals surface area contributed by atoms with Gasteiger partial charge in [-0.1, -0.05) is 65.1 Å². The molecule has 0 radical (unpaired) electrons. The van der Waals surface area contributed by atoms with Crippen molar-refractivity contribution in [3.05, 3.63) is 23.9 Å². The standard InChI is InChI=1S/C28H43N3O4S/c1-16-10-7-13-23(18(16)3)30-25(32)20(5)35-28(34)22-12-9-15-29-27(22)36-21(6)26(33)31-24-14-8-11-17(2)19(24)4/h9,12,15-21,23-24H,7-8,10-11,13-14H2,1-6H3,(H,30,32)(H,31,33)/t16-,17-,18+,19-,20+,21-,23+,24+/m0/s1. The first kappa shape index (κ1) is 28.5. The molecule has 2 amide bonds. The minimum absolute atomic E-state index is 0.0560. The van der Waals surface area contributed by atoms with Crippen LogP contribution in [0.15, 0.2) is 23.4 Å². The van der Waals surface area contributed by atoms with Gasteiger partial charge in [0.15, 0.2) is 6.10 Å². The largest absolute Gasteiger partial charge is 0.449 e. The van der Waals surface area contributed by atoms with Crippen LogP contribution in [0.1, 0.15) is 90.4 Å². The highest BCUT2D eigenvalue weighted by Crippen LogP contribution is 2.31. The number of amides is 2.